The zero-order valence-electron chi connectivity index (χ0n) is 12.2. The summed E-state index contributed by atoms with van der Waals surface area (Å²) in [5.74, 6) is 5.36. The molecule has 1 aromatic heterocycles. The van der Waals surface area contributed by atoms with E-state index in [1.54, 1.807) is 6.07 Å². The lowest BCUT2D eigenvalue weighted by molar-refractivity contribution is 0.490. The van der Waals surface area contributed by atoms with E-state index in [9.17, 15) is 4.39 Å². The number of hydrogen-bond acceptors (Lipinski definition) is 3. The van der Waals surface area contributed by atoms with Crippen LogP contribution in [0.25, 0.3) is 0 Å². The molecule has 4 nitrogen and oxygen atoms in total. The van der Waals surface area contributed by atoms with E-state index in [-0.39, 0.29) is 11.9 Å². The van der Waals surface area contributed by atoms with Crippen molar-refractivity contribution >= 4 is 15.9 Å². The summed E-state index contributed by atoms with van der Waals surface area (Å²) in [4.78, 5) is 0. The summed E-state index contributed by atoms with van der Waals surface area (Å²) in [7, 11) is 0. The smallest absolute Gasteiger partial charge is 0.129 e. The van der Waals surface area contributed by atoms with Crippen LogP contribution in [-0.4, -0.2) is 9.78 Å². The molecule has 1 unspecified atom stereocenters. The van der Waals surface area contributed by atoms with Crippen molar-refractivity contribution in [1.82, 2.24) is 15.2 Å². The maximum absolute atomic E-state index is 14.1. The van der Waals surface area contributed by atoms with Gasteiger partial charge >= 0.3 is 0 Å². The van der Waals surface area contributed by atoms with Crippen molar-refractivity contribution in [2.24, 2.45) is 5.84 Å². The van der Waals surface area contributed by atoms with Gasteiger partial charge in [-0.15, -0.1) is 0 Å². The quantitative estimate of drug-likeness (QED) is 0.618. The molecule has 0 radical (unpaired) electrons. The molecular weight excluding hydrogens is 335 g/mol. The molecule has 0 bridgehead atoms. The minimum atomic E-state index is -0.287. The molecule has 0 saturated carbocycles. The first-order valence-electron chi connectivity index (χ1n) is 7.05. The summed E-state index contributed by atoms with van der Waals surface area (Å²) >= 11 is 3.26. The Bertz CT molecular complexity index is 612. The summed E-state index contributed by atoms with van der Waals surface area (Å²) in [6, 6.07) is 6.79. The van der Waals surface area contributed by atoms with Gasteiger partial charge < -0.3 is 0 Å². The molecule has 6 heteroatoms. The van der Waals surface area contributed by atoms with Gasteiger partial charge in [0.15, 0.2) is 0 Å². The first kappa shape index (κ1) is 16.1. The van der Waals surface area contributed by atoms with Crippen molar-refractivity contribution in [3.8, 4) is 0 Å². The molecule has 0 aliphatic rings. The highest BCUT2D eigenvalue weighted by Gasteiger charge is 2.18. The van der Waals surface area contributed by atoms with Crippen LogP contribution in [-0.2, 0) is 19.4 Å². The number of hydrazine groups is 1. The van der Waals surface area contributed by atoms with Crippen LogP contribution < -0.4 is 11.3 Å². The number of aryl methyl sites for hydroxylation is 2. The van der Waals surface area contributed by atoms with Crippen molar-refractivity contribution in [2.45, 2.75) is 39.3 Å². The van der Waals surface area contributed by atoms with Crippen LogP contribution in [0.1, 0.15) is 36.8 Å². The highest BCUT2D eigenvalue weighted by Crippen LogP contribution is 2.24. The van der Waals surface area contributed by atoms with Crippen LogP contribution >= 0.6 is 15.9 Å². The first-order chi connectivity index (χ1) is 10.1. The van der Waals surface area contributed by atoms with E-state index in [0.29, 0.717) is 16.5 Å². The van der Waals surface area contributed by atoms with E-state index in [2.05, 4.69) is 39.4 Å². The minimum Gasteiger partial charge on any atom is -0.271 e. The Morgan fingerprint density at radius 1 is 1.38 bits per heavy atom. The Balaban J connectivity index is 2.28. The molecular formula is C15H20BrFN4. The normalized spacial score (nSPS) is 12.6. The highest BCUT2D eigenvalue weighted by atomic mass is 79.9. The average molecular weight is 355 g/mol. The van der Waals surface area contributed by atoms with Crippen molar-refractivity contribution in [3.63, 3.8) is 0 Å². The van der Waals surface area contributed by atoms with Crippen LogP contribution in [0.2, 0.25) is 0 Å². The van der Waals surface area contributed by atoms with Gasteiger partial charge in [0.2, 0.25) is 0 Å². The lowest BCUT2D eigenvalue weighted by Gasteiger charge is -2.17. The minimum absolute atomic E-state index is 0.273. The Morgan fingerprint density at radius 2 is 2.14 bits per heavy atom. The predicted molar refractivity (Wildman–Crippen MR) is 85.1 cm³/mol. The number of nitrogens with two attached hydrogens (primary N) is 1. The van der Waals surface area contributed by atoms with Gasteiger partial charge in [0.25, 0.3) is 0 Å². The van der Waals surface area contributed by atoms with Gasteiger partial charge in [-0.3, -0.25) is 16.0 Å². The molecule has 21 heavy (non-hydrogen) atoms. The molecule has 0 fully saturated rings. The van der Waals surface area contributed by atoms with Crippen LogP contribution in [0.5, 0.6) is 0 Å². The SMILES string of the molecule is CCc1cc(CC(NN)c2ccc(Br)cc2F)n(CC)n1. The standard InChI is InChI=1S/C15H20BrFN4/c1-3-11-8-12(21(4-2)20-11)9-15(19-18)13-6-5-10(16)7-14(13)17/h5-8,15,19H,3-4,9,18H2,1-2H3. The Labute approximate surface area is 132 Å². The van der Waals surface area contributed by atoms with Crippen LogP contribution in [0, 0.1) is 5.82 Å². The van der Waals surface area contributed by atoms with Crippen molar-refractivity contribution in [1.29, 1.82) is 0 Å². The fraction of sp³-hybridized carbons (Fsp3) is 0.400. The Hall–Kier alpha value is -1.24. The Morgan fingerprint density at radius 3 is 2.71 bits per heavy atom. The molecule has 0 aliphatic heterocycles. The molecule has 1 atom stereocenters. The summed E-state index contributed by atoms with van der Waals surface area (Å²) in [5.41, 5.74) is 5.36. The molecule has 0 spiro atoms. The zero-order chi connectivity index (χ0) is 15.4. The number of nitrogens with zero attached hydrogens (tertiary/aromatic N) is 2. The largest absolute Gasteiger partial charge is 0.271 e. The second-order valence-electron chi connectivity index (χ2n) is 4.89. The predicted octanol–water partition coefficient (Wildman–Crippen LogP) is 3.11. The van der Waals surface area contributed by atoms with E-state index in [1.807, 2.05) is 17.7 Å². The third-order valence-electron chi connectivity index (χ3n) is 3.53. The first-order valence-corrected chi connectivity index (χ1v) is 7.85. The molecule has 114 valence electrons. The van der Waals surface area contributed by atoms with Crippen molar-refractivity contribution in [3.05, 3.63) is 51.5 Å². The zero-order valence-corrected chi connectivity index (χ0v) is 13.8. The number of benzene rings is 1. The third kappa shape index (κ3) is 3.70. The van der Waals surface area contributed by atoms with Crippen LogP contribution in [0.3, 0.4) is 0 Å². The van der Waals surface area contributed by atoms with Gasteiger partial charge in [-0.25, -0.2) is 4.39 Å². The number of halogens is 2. The summed E-state index contributed by atoms with van der Waals surface area (Å²) in [6.45, 7) is 4.90. The van der Waals surface area contributed by atoms with E-state index in [1.165, 1.54) is 6.07 Å². The molecule has 0 saturated heterocycles. The molecule has 3 N–H and O–H groups in total. The second kappa shape index (κ2) is 7.15. The second-order valence-corrected chi connectivity index (χ2v) is 5.80. The average Bonchev–Trinajstić information content (AvgIpc) is 2.87. The van der Waals surface area contributed by atoms with Crippen molar-refractivity contribution < 1.29 is 4.39 Å². The summed E-state index contributed by atoms with van der Waals surface area (Å²) in [6.07, 6.45) is 1.48. The molecule has 0 aliphatic carbocycles. The van der Waals surface area contributed by atoms with Gasteiger partial charge in [-0.1, -0.05) is 28.9 Å². The Kier molecular flexibility index (Phi) is 5.50. The lowest BCUT2D eigenvalue weighted by Crippen LogP contribution is -2.31. The van der Waals surface area contributed by atoms with Gasteiger partial charge in [0, 0.05) is 28.7 Å². The molecule has 1 aromatic carbocycles. The molecule has 1 heterocycles. The summed E-state index contributed by atoms with van der Waals surface area (Å²) in [5, 5.41) is 4.51. The molecule has 2 rings (SSSR count). The van der Waals surface area contributed by atoms with Gasteiger partial charge in [0.05, 0.1) is 11.7 Å². The lowest BCUT2D eigenvalue weighted by atomic mass is 10.0. The van der Waals surface area contributed by atoms with Crippen LogP contribution in [0.15, 0.2) is 28.7 Å². The number of rotatable bonds is 6. The highest BCUT2D eigenvalue weighted by molar-refractivity contribution is 9.10. The number of hydrogen-bond donors (Lipinski definition) is 2. The maximum Gasteiger partial charge on any atom is 0.129 e. The number of nitrogens with one attached hydrogen (secondary N) is 1. The molecule has 0 amide bonds. The van der Waals surface area contributed by atoms with Gasteiger partial charge in [0.1, 0.15) is 5.82 Å². The number of aromatic nitrogens is 2. The third-order valence-corrected chi connectivity index (χ3v) is 4.02. The van der Waals surface area contributed by atoms with E-state index in [0.717, 1.165) is 24.4 Å². The summed E-state index contributed by atoms with van der Waals surface area (Å²) < 4.78 is 16.8. The van der Waals surface area contributed by atoms with E-state index in [4.69, 9.17) is 5.84 Å². The van der Waals surface area contributed by atoms with Crippen molar-refractivity contribution in [2.75, 3.05) is 0 Å². The topological polar surface area (TPSA) is 55.9 Å². The van der Waals surface area contributed by atoms with Crippen LogP contribution in [0.4, 0.5) is 4.39 Å². The maximum atomic E-state index is 14.1. The van der Waals surface area contributed by atoms with Gasteiger partial charge in [-0.2, -0.15) is 5.10 Å². The van der Waals surface area contributed by atoms with Gasteiger partial charge in [-0.05, 0) is 31.5 Å². The fourth-order valence-corrected chi connectivity index (χ4v) is 2.71. The fourth-order valence-electron chi connectivity index (χ4n) is 2.38. The van der Waals surface area contributed by atoms with E-state index < -0.39 is 0 Å². The monoisotopic (exact) mass is 354 g/mol. The van der Waals surface area contributed by atoms with E-state index >= 15 is 0 Å². The molecule has 2 aromatic rings.